The second-order valence-corrected chi connectivity index (χ2v) is 10.2. The van der Waals surface area contributed by atoms with E-state index < -0.39 is 9.84 Å². The molecule has 5 rings (SSSR count). The van der Waals surface area contributed by atoms with Gasteiger partial charge in [-0.2, -0.15) is 0 Å². The Balaban J connectivity index is 1.56. The van der Waals surface area contributed by atoms with Crippen LogP contribution in [-0.4, -0.2) is 34.6 Å². The van der Waals surface area contributed by atoms with E-state index in [1.54, 1.807) is 30.5 Å². The van der Waals surface area contributed by atoms with Crippen molar-refractivity contribution in [3.8, 4) is 0 Å². The lowest BCUT2D eigenvalue weighted by molar-refractivity contribution is -0.347. The predicted molar refractivity (Wildman–Crippen MR) is 128 cm³/mol. The number of H-pyrrole nitrogens is 1. The van der Waals surface area contributed by atoms with Crippen molar-refractivity contribution in [3.05, 3.63) is 90.4 Å². The van der Waals surface area contributed by atoms with Crippen LogP contribution in [0.1, 0.15) is 5.56 Å². The van der Waals surface area contributed by atoms with Crippen LogP contribution in [0.15, 0.2) is 88.8 Å². The van der Waals surface area contributed by atoms with Gasteiger partial charge in [0.2, 0.25) is 15.4 Å². The molecule has 0 unspecified atom stereocenters. The van der Waals surface area contributed by atoms with E-state index in [4.69, 9.17) is 0 Å². The average molecular weight is 463 g/mol. The first-order valence-corrected chi connectivity index (χ1v) is 12.4. The summed E-state index contributed by atoms with van der Waals surface area (Å²) in [6.07, 6.45) is 1.59. The molecule has 0 aliphatic carbocycles. The molecular formula is C26H25FN3O2S+. The Bertz CT molecular complexity index is 1410. The van der Waals surface area contributed by atoms with Crippen LogP contribution in [-0.2, 0) is 9.84 Å². The quantitative estimate of drug-likeness (QED) is 0.455. The van der Waals surface area contributed by atoms with Crippen LogP contribution in [0, 0.1) is 12.7 Å². The molecule has 1 aliphatic rings. The normalized spacial score (nSPS) is 14.6. The van der Waals surface area contributed by atoms with Crippen molar-refractivity contribution in [3.63, 3.8) is 0 Å². The van der Waals surface area contributed by atoms with Crippen LogP contribution in [0.4, 0.5) is 15.8 Å². The molecule has 1 aliphatic heterocycles. The van der Waals surface area contributed by atoms with Crippen molar-refractivity contribution >= 4 is 32.1 Å². The highest BCUT2D eigenvalue weighted by molar-refractivity contribution is 7.91. The lowest BCUT2D eigenvalue weighted by atomic mass is 10.1. The van der Waals surface area contributed by atoms with Crippen molar-refractivity contribution in [2.75, 3.05) is 36.0 Å². The first-order chi connectivity index (χ1) is 15.9. The van der Waals surface area contributed by atoms with Gasteiger partial charge in [0.1, 0.15) is 5.82 Å². The van der Waals surface area contributed by atoms with Crippen LogP contribution < -0.4 is 14.8 Å². The number of para-hydroxylation sites is 2. The van der Waals surface area contributed by atoms with Crippen molar-refractivity contribution in [2.24, 2.45) is 0 Å². The zero-order valence-corrected chi connectivity index (χ0v) is 19.1. The highest BCUT2D eigenvalue weighted by Crippen LogP contribution is 2.35. The van der Waals surface area contributed by atoms with Crippen LogP contribution in [0.25, 0.3) is 10.9 Å². The topological polar surface area (TPSA) is 54.8 Å². The molecule has 1 N–H and O–H groups in total. The fourth-order valence-corrected chi connectivity index (χ4v) is 5.87. The number of fused-ring (bicyclic) bond motifs is 1. The Morgan fingerprint density at radius 1 is 0.818 bits per heavy atom. The summed E-state index contributed by atoms with van der Waals surface area (Å²) in [6, 6.07) is 21.4. The lowest BCUT2D eigenvalue weighted by Crippen LogP contribution is -2.47. The van der Waals surface area contributed by atoms with E-state index in [0.717, 1.165) is 16.5 Å². The maximum atomic E-state index is 14.3. The zero-order valence-electron chi connectivity index (χ0n) is 18.3. The van der Waals surface area contributed by atoms with Gasteiger partial charge in [-0.25, -0.2) is 17.8 Å². The Labute approximate surface area is 193 Å². The third-order valence-electron chi connectivity index (χ3n) is 6.18. The molecule has 0 saturated carbocycles. The fourth-order valence-electron chi connectivity index (χ4n) is 4.41. The van der Waals surface area contributed by atoms with Gasteiger partial charge in [0, 0.05) is 32.2 Å². The van der Waals surface area contributed by atoms with Crippen LogP contribution in [0.3, 0.4) is 0 Å². The van der Waals surface area contributed by atoms with E-state index in [1.165, 1.54) is 6.07 Å². The molecule has 7 heteroatoms. The van der Waals surface area contributed by atoms with Gasteiger partial charge in [0.25, 0.3) is 0 Å². The Morgan fingerprint density at radius 2 is 1.45 bits per heavy atom. The minimum atomic E-state index is -3.75. The van der Waals surface area contributed by atoms with E-state index in [2.05, 4.69) is 9.88 Å². The smallest absolute Gasteiger partial charge is 0.214 e. The summed E-state index contributed by atoms with van der Waals surface area (Å²) >= 11 is 0. The second-order valence-electron chi connectivity index (χ2n) is 8.29. The molecule has 0 radical (unpaired) electrons. The van der Waals surface area contributed by atoms with Gasteiger partial charge in [-0.1, -0.05) is 42.0 Å². The van der Waals surface area contributed by atoms with Gasteiger partial charge in [-0.15, -0.1) is 0 Å². The van der Waals surface area contributed by atoms with Gasteiger partial charge in [0.15, 0.2) is 11.1 Å². The number of benzene rings is 3. The van der Waals surface area contributed by atoms with Crippen molar-refractivity contribution in [2.45, 2.75) is 16.7 Å². The number of sulfone groups is 1. The van der Waals surface area contributed by atoms with Gasteiger partial charge in [-0.3, -0.25) is 0 Å². The number of pyridine rings is 1. The number of aromatic nitrogens is 1. The maximum absolute atomic E-state index is 14.3. The molecule has 0 bridgehead atoms. The molecule has 0 amide bonds. The van der Waals surface area contributed by atoms with E-state index in [9.17, 15) is 12.8 Å². The summed E-state index contributed by atoms with van der Waals surface area (Å²) < 4.78 is 41.7. The largest absolute Gasteiger partial charge is 0.366 e. The summed E-state index contributed by atoms with van der Waals surface area (Å²) in [5, 5.41) is 0.852. The molecule has 168 valence electrons. The van der Waals surface area contributed by atoms with E-state index in [-0.39, 0.29) is 15.6 Å². The Kier molecular flexibility index (Phi) is 5.50. The second kappa shape index (κ2) is 8.48. The monoisotopic (exact) mass is 462 g/mol. The SMILES string of the molecule is Cc1ccc(S(=O)(=O)c2c[nH+]c3ccccc3c2N2CCN(c3ccccc3F)CC2)cc1. The fraction of sp³-hybridized carbons (Fsp3) is 0.192. The van der Waals surface area contributed by atoms with Crippen molar-refractivity contribution in [1.82, 2.24) is 0 Å². The molecule has 3 aromatic carbocycles. The lowest BCUT2D eigenvalue weighted by Gasteiger charge is -2.38. The minimum Gasteiger partial charge on any atom is -0.366 e. The molecule has 1 saturated heterocycles. The number of halogens is 1. The summed E-state index contributed by atoms with van der Waals surface area (Å²) in [7, 11) is -3.75. The van der Waals surface area contributed by atoms with E-state index in [0.29, 0.717) is 37.6 Å². The summed E-state index contributed by atoms with van der Waals surface area (Å²) in [5.74, 6) is -0.242. The molecule has 0 atom stereocenters. The molecule has 2 heterocycles. The number of aryl methyl sites for hydroxylation is 1. The molecular weight excluding hydrogens is 437 g/mol. The van der Waals surface area contributed by atoms with E-state index >= 15 is 0 Å². The molecule has 4 aromatic rings. The number of piperazine rings is 1. The highest BCUT2D eigenvalue weighted by Gasteiger charge is 2.31. The van der Waals surface area contributed by atoms with Gasteiger partial charge < -0.3 is 9.80 Å². The van der Waals surface area contributed by atoms with Gasteiger partial charge in [0.05, 0.1) is 21.7 Å². The summed E-state index contributed by atoms with van der Waals surface area (Å²) in [4.78, 5) is 7.80. The average Bonchev–Trinajstić information content (AvgIpc) is 2.84. The van der Waals surface area contributed by atoms with Gasteiger partial charge >= 0.3 is 0 Å². The van der Waals surface area contributed by atoms with Crippen LogP contribution >= 0.6 is 0 Å². The molecule has 33 heavy (non-hydrogen) atoms. The van der Waals surface area contributed by atoms with Crippen LogP contribution in [0.2, 0.25) is 0 Å². The zero-order chi connectivity index (χ0) is 23.0. The highest BCUT2D eigenvalue weighted by atomic mass is 32.2. The Hall–Kier alpha value is -3.45. The van der Waals surface area contributed by atoms with Gasteiger partial charge in [-0.05, 0) is 37.3 Å². The number of nitrogens with zero attached hydrogens (tertiary/aromatic N) is 2. The first kappa shape index (κ1) is 21.4. The third-order valence-corrected chi connectivity index (χ3v) is 7.97. The minimum absolute atomic E-state index is 0.242. The molecule has 5 nitrogen and oxygen atoms in total. The number of aromatic amines is 1. The summed E-state index contributed by atoms with van der Waals surface area (Å²) in [6.45, 7) is 4.29. The standard InChI is InChI=1S/C26H24FN3O2S/c1-19-10-12-20(13-11-19)33(31,32)25-18-28-23-8-4-2-6-21(23)26(25)30-16-14-29(15-17-30)24-9-5-3-7-22(24)27/h2-13,18H,14-17H2,1H3/p+1. The molecule has 1 aromatic heterocycles. The number of nitrogens with one attached hydrogen (secondary N) is 1. The van der Waals surface area contributed by atoms with Crippen LogP contribution in [0.5, 0.6) is 0 Å². The number of anilines is 2. The molecule has 1 fully saturated rings. The summed E-state index contributed by atoms with van der Waals surface area (Å²) in [5.41, 5.74) is 3.14. The number of rotatable bonds is 4. The maximum Gasteiger partial charge on any atom is 0.214 e. The number of hydrogen-bond donors (Lipinski definition) is 0. The first-order valence-electron chi connectivity index (χ1n) is 10.9. The third kappa shape index (κ3) is 3.93. The predicted octanol–water partition coefficient (Wildman–Crippen LogP) is 4.26. The Morgan fingerprint density at radius 3 is 2.18 bits per heavy atom. The molecule has 0 spiro atoms. The van der Waals surface area contributed by atoms with Crippen molar-refractivity contribution < 1.29 is 17.8 Å². The van der Waals surface area contributed by atoms with E-state index in [1.807, 2.05) is 54.3 Å². The number of hydrogen-bond acceptors (Lipinski definition) is 4. The van der Waals surface area contributed by atoms with Crippen molar-refractivity contribution in [1.29, 1.82) is 0 Å².